The molecule has 0 radical (unpaired) electrons. The first kappa shape index (κ1) is 15.2. The quantitative estimate of drug-likeness (QED) is 0.561. The minimum absolute atomic E-state index is 0.153. The highest BCUT2D eigenvalue weighted by atomic mass is 35.5. The van der Waals surface area contributed by atoms with Crippen molar-refractivity contribution in [2.24, 2.45) is 0 Å². The van der Waals surface area contributed by atoms with E-state index in [0.29, 0.717) is 15.8 Å². The summed E-state index contributed by atoms with van der Waals surface area (Å²) in [5.41, 5.74) is 1.55. The molecule has 1 amide bonds. The van der Waals surface area contributed by atoms with E-state index in [9.17, 15) is 14.9 Å². The van der Waals surface area contributed by atoms with Crippen molar-refractivity contribution in [1.29, 1.82) is 0 Å². The lowest BCUT2D eigenvalue weighted by atomic mass is 10.2. The smallest absolute Gasteiger partial charge is 0.395 e. The molecule has 7 nitrogen and oxygen atoms in total. The van der Waals surface area contributed by atoms with Crippen molar-refractivity contribution in [3.63, 3.8) is 0 Å². The third-order valence-corrected chi connectivity index (χ3v) is 3.87. The number of rotatable bonds is 4. The number of thiazole rings is 1. The number of nitro groups is 1. The Balaban J connectivity index is 1.74. The SMILES string of the molecule is O=C(Nc1nc(-c2ccc(Cl)cc2)cs1)c1ccc([N+](=O)[O-])o1. The zero-order chi connectivity index (χ0) is 16.4. The number of hydrogen-bond donors (Lipinski definition) is 1. The van der Waals surface area contributed by atoms with Gasteiger partial charge < -0.3 is 4.42 Å². The third-order valence-electron chi connectivity index (χ3n) is 2.86. The van der Waals surface area contributed by atoms with Crippen molar-refractivity contribution in [2.45, 2.75) is 0 Å². The zero-order valence-electron chi connectivity index (χ0n) is 11.4. The van der Waals surface area contributed by atoms with Crippen molar-refractivity contribution in [1.82, 2.24) is 4.98 Å². The predicted molar refractivity (Wildman–Crippen MR) is 85.9 cm³/mol. The summed E-state index contributed by atoms with van der Waals surface area (Å²) in [4.78, 5) is 26.1. The molecule has 0 saturated carbocycles. The minimum atomic E-state index is -0.710. The molecular weight excluding hydrogens is 342 g/mol. The van der Waals surface area contributed by atoms with Gasteiger partial charge in [-0.2, -0.15) is 0 Å². The Morgan fingerprint density at radius 1 is 1.26 bits per heavy atom. The maximum atomic E-state index is 12.0. The average molecular weight is 350 g/mol. The molecule has 0 fully saturated rings. The van der Waals surface area contributed by atoms with Crippen molar-refractivity contribution in [3.05, 3.63) is 62.7 Å². The van der Waals surface area contributed by atoms with Crippen LogP contribution in [0.4, 0.5) is 11.0 Å². The number of aromatic nitrogens is 1. The summed E-state index contributed by atoms with van der Waals surface area (Å²) in [5, 5.41) is 15.8. The standard InChI is InChI=1S/C14H8ClN3O4S/c15-9-3-1-8(2-4-9)10-7-23-14(16-10)17-13(19)11-5-6-12(22-11)18(20)21/h1-7H,(H,16,17,19). The summed E-state index contributed by atoms with van der Waals surface area (Å²) in [6.45, 7) is 0. The Morgan fingerprint density at radius 2 is 2.00 bits per heavy atom. The molecule has 2 aromatic heterocycles. The van der Waals surface area contributed by atoms with Crippen LogP contribution in [-0.4, -0.2) is 15.8 Å². The molecule has 0 bridgehead atoms. The molecule has 2 heterocycles. The van der Waals surface area contributed by atoms with Gasteiger partial charge in [-0.05, 0) is 18.2 Å². The molecule has 1 N–H and O–H groups in total. The largest absolute Gasteiger partial charge is 0.433 e. The van der Waals surface area contributed by atoms with Gasteiger partial charge >= 0.3 is 5.88 Å². The molecule has 0 aliphatic carbocycles. The number of anilines is 1. The van der Waals surface area contributed by atoms with Gasteiger partial charge in [0, 0.05) is 16.0 Å². The Hall–Kier alpha value is -2.71. The minimum Gasteiger partial charge on any atom is -0.395 e. The van der Waals surface area contributed by atoms with Gasteiger partial charge in [0.25, 0.3) is 5.91 Å². The number of amides is 1. The monoisotopic (exact) mass is 349 g/mol. The fourth-order valence-corrected chi connectivity index (χ4v) is 2.63. The van der Waals surface area contributed by atoms with Crippen LogP contribution in [0.5, 0.6) is 0 Å². The second kappa shape index (κ2) is 6.19. The number of nitrogens with zero attached hydrogens (tertiary/aromatic N) is 2. The number of benzene rings is 1. The maximum absolute atomic E-state index is 12.0. The lowest BCUT2D eigenvalue weighted by Gasteiger charge is -1.98. The van der Waals surface area contributed by atoms with Crippen LogP contribution in [0.2, 0.25) is 5.02 Å². The highest BCUT2D eigenvalue weighted by molar-refractivity contribution is 7.14. The van der Waals surface area contributed by atoms with Crippen molar-refractivity contribution < 1.29 is 14.1 Å². The van der Waals surface area contributed by atoms with E-state index in [1.807, 2.05) is 12.1 Å². The first-order chi connectivity index (χ1) is 11.0. The molecule has 1 aromatic carbocycles. The van der Waals surface area contributed by atoms with Gasteiger partial charge in [0.1, 0.15) is 4.92 Å². The molecule has 0 saturated heterocycles. The van der Waals surface area contributed by atoms with Gasteiger partial charge in [0.2, 0.25) is 0 Å². The Bertz CT molecular complexity index is 872. The highest BCUT2D eigenvalue weighted by Crippen LogP contribution is 2.26. The molecule has 3 rings (SSSR count). The summed E-state index contributed by atoms with van der Waals surface area (Å²) >= 11 is 7.07. The van der Waals surface area contributed by atoms with Crippen molar-refractivity contribution >= 4 is 39.9 Å². The van der Waals surface area contributed by atoms with Gasteiger partial charge in [0.15, 0.2) is 10.9 Å². The Kier molecular flexibility index (Phi) is 4.09. The van der Waals surface area contributed by atoms with E-state index in [4.69, 9.17) is 16.0 Å². The third kappa shape index (κ3) is 3.38. The molecule has 0 unspecified atom stereocenters. The lowest BCUT2D eigenvalue weighted by molar-refractivity contribution is -0.402. The molecular formula is C14H8ClN3O4S. The molecule has 23 heavy (non-hydrogen) atoms. The van der Waals surface area contributed by atoms with E-state index < -0.39 is 16.7 Å². The van der Waals surface area contributed by atoms with E-state index >= 15 is 0 Å². The van der Waals surface area contributed by atoms with Gasteiger partial charge in [0.05, 0.1) is 11.8 Å². The molecule has 9 heteroatoms. The van der Waals surface area contributed by atoms with Crippen molar-refractivity contribution in [3.8, 4) is 11.3 Å². The predicted octanol–water partition coefficient (Wildman–Crippen LogP) is 4.22. The van der Waals surface area contributed by atoms with Gasteiger partial charge in [-0.1, -0.05) is 23.7 Å². The lowest BCUT2D eigenvalue weighted by Crippen LogP contribution is -2.10. The number of furan rings is 1. The van der Waals surface area contributed by atoms with Crippen LogP contribution in [0.3, 0.4) is 0 Å². The molecule has 0 spiro atoms. The summed E-state index contributed by atoms with van der Waals surface area (Å²) in [6.07, 6.45) is 0. The summed E-state index contributed by atoms with van der Waals surface area (Å²) in [6, 6.07) is 9.49. The van der Waals surface area contributed by atoms with Crippen LogP contribution >= 0.6 is 22.9 Å². The molecule has 0 aliphatic heterocycles. The van der Waals surface area contributed by atoms with E-state index in [1.54, 1.807) is 17.5 Å². The van der Waals surface area contributed by atoms with Gasteiger partial charge in [-0.25, -0.2) is 4.98 Å². The molecule has 0 aliphatic rings. The normalized spacial score (nSPS) is 10.5. The molecule has 0 atom stereocenters. The van der Waals surface area contributed by atoms with Crippen LogP contribution in [0, 0.1) is 10.1 Å². The fraction of sp³-hybridized carbons (Fsp3) is 0. The Morgan fingerprint density at radius 3 is 2.65 bits per heavy atom. The van der Waals surface area contributed by atoms with Crippen LogP contribution in [0.15, 0.2) is 46.2 Å². The van der Waals surface area contributed by atoms with E-state index in [-0.39, 0.29) is 5.76 Å². The van der Waals surface area contributed by atoms with Gasteiger partial charge in [-0.3, -0.25) is 20.2 Å². The number of halogens is 1. The van der Waals surface area contributed by atoms with Crippen molar-refractivity contribution in [2.75, 3.05) is 5.32 Å². The van der Waals surface area contributed by atoms with Gasteiger partial charge in [-0.15, -0.1) is 11.3 Å². The van der Waals surface area contributed by atoms with E-state index in [1.165, 1.54) is 17.4 Å². The summed E-state index contributed by atoms with van der Waals surface area (Å²) in [5.74, 6) is -1.24. The van der Waals surface area contributed by atoms with Crippen LogP contribution < -0.4 is 5.32 Å². The fourth-order valence-electron chi connectivity index (χ4n) is 1.79. The number of carbonyl (C=O) groups excluding carboxylic acids is 1. The average Bonchev–Trinajstić information content (AvgIpc) is 3.17. The zero-order valence-corrected chi connectivity index (χ0v) is 12.9. The Labute approximate surface area is 138 Å². The molecule has 3 aromatic rings. The highest BCUT2D eigenvalue weighted by Gasteiger charge is 2.18. The molecule has 116 valence electrons. The number of carbonyl (C=O) groups is 1. The first-order valence-electron chi connectivity index (χ1n) is 6.30. The maximum Gasteiger partial charge on any atom is 0.433 e. The van der Waals surface area contributed by atoms with Crippen LogP contribution in [0.1, 0.15) is 10.6 Å². The topological polar surface area (TPSA) is 98.3 Å². The van der Waals surface area contributed by atoms with Crippen LogP contribution in [-0.2, 0) is 0 Å². The van der Waals surface area contributed by atoms with Crippen LogP contribution in [0.25, 0.3) is 11.3 Å². The second-order valence-corrected chi connectivity index (χ2v) is 5.69. The summed E-state index contributed by atoms with van der Waals surface area (Å²) < 4.78 is 4.83. The first-order valence-corrected chi connectivity index (χ1v) is 7.56. The summed E-state index contributed by atoms with van der Waals surface area (Å²) in [7, 11) is 0. The van der Waals surface area contributed by atoms with E-state index in [2.05, 4.69) is 10.3 Å². The number of hydrogen-bond acceptors (Lipinski definition) is 6. The number of nitrogens with one attached hydrogen (secondary N) is 1. The second-order valence-electron chi connectivity index (χ2n) is 4.39. The van der Waals surface area contributed by atoms with E-state index in [0.717, 1.165) is 11.6 Å².